The van der Waals surface area contributed by atoms with Crippen LogP contribution < -0.4 is 9.30 Å². The second kappa shape index (κ2) is 16.6. The molecule has 0 aliphatic rings. The molecular weight excluding hydrogens is 817 g/mol. The third-order valence-corrected chi connectivity index (χ3v) is 13.9. The molecule has 5 heteroatoms. The van der Waals surface area contributed by atoms with Crippen LogP contribution in [0.25, 0.3) is 39.0 Å². The predicted molar refractivity (Wildman–Crippen MR) is 278 cm³/mol. The van der Waals surface area contributed by atoms with Gasteiger partial charge in [-0.1, -0.05) is 169 Å². The summed E-state index contributed by atoms with van der Waals surface area (Å²) in [5.74, 6) is 2.41. The van der Waals surface area contributed by atoms with Crippen LogP contribution in [0.5, 0.6) is 11.5 Å². The van der Waals surface area contributed by atoms with Crippen molar-refractivity contribution in [3.63, 3.8) is 0 Å². The lowest BCUT2D eigenvalue weighted by atomic mass is 9.78. The van der Waals surface area contributed by atoms with Gasteiger partial charge in [-0.2, -0.15) is 0 Å². The maximum absolute atomic E-state index is 7.06. The summed E-state index contributed by atoms with van der Waals surface area (Å²) in [6.45, 7) is 29.6. The number of hydrogen-bond acceptors (Lipinski definition) is 2. The Morgan fingerprint density at radius 3 is 1.75 bits per heavy atom. The van der Waals surface area contributed by atoms with E-state index < -0.39 is 0 Å². The maximum atomic E-state index is 7.06. The van der Waals surface area contributed by atoms with Crippen LogP contribution in [-0.2, 0) is 27.1 Å². The van der Waals surface area contributed by atoms with Crippen molar-refractivity contribution in [2.75, 3.05) is 0 Å². The molecule has 3 heterocycles. The van der Waals surface area contributed by atoms with Crippen LogP contribution in [0.3, 0.4) is 0 Å². The van der Waals surface area contributed by atoms with Crippen LogP contribution in [-0.4, -0.2) is 14.1 Å². The van der Waals surface area contributed by atoms with Crippen molar-refractivity contribution in [1.29, 1.82) is 0 Å². The van der Waals surface area contributed by atoms with E-state index in [1.54, 1.807) is 0 Å². The third-order valence-electron chi connectivity index (χ3n) is 13.9. The van der Waals surface area contributed by atoms with Crippen molar-refractivity contribution in [3.05, 3.63) is 209 Å². The molecule has 0 spiro atoms. The third kappa shape index (κ3) is 8.73. The van der Waals surface area contributed by atoms with Crippen molar-refractivity contribution in [2.45, 2.75) is 117 Å². The molecular formula is C62H66N4O. The van der Waals surface area contributed by atoms with Gasteiger partial charge in [-0.3, -0.25) is 13.7 Å². The van der Waals surface area contributed by atoms with Gasteiger partial charge >= 0.3 is 0 Å². The number of benzene rings is 6. The molecule has 0 fully saturated rings. The van der Waals surface area contributed by atoms with E-state index in [2.05, 4.69) is 268 Å². The van der Waals surface area contributed by atoms with Crippen molar-refractivity contribution in [2.24, 2.45) is 0 Å². The lowest BCUT2D eigenvalue weighted by Crippen LogP contribution is -2.30. The Kier molecular flexibility index (Phi) is 11.2. The summed E-state index contributed by atoms with van der Waals surface area (Å²) >= 11 is 0. The molecule has 0 aliphatic heterocycles. The molecule has 0 aliphatic carbocycles. The van der Waals surface area contributed by atoms with Crippen LogP contribution in [0.15, 0.2) is 164 Å². The van der Waals surface area contributed by atoms with E-state index in [1.165, 1.54) is 33.2 Å². The molecule has 3 aromatic heterocycles. The minimum atomic E-state index is -0.383. The minimum Gasteiger partial charge on any atom is -0.458 e. The zero-order valence-electron chi connectivity index (χ0n) is 41.8. The second-order valence-corrected chi connectivity index (χ2v) is 22.6. The van der Waals surface area contributed by atoms with Gasteiger partial charge in [-0.15, -0.1) is 0 Å². The van der Waals surface area contributed by atoms with Crippen molar-refractivity contribution < 1.29 is 9.30 Å². The van der Waals surface area contributed by atoms with Crippen LogP contribution >= 0.6 is 0 Å². The first-order valence-electron chi connectivity index (χ1n) is 23.8. The average molecular weight is 883 g/mol. The number of imidazole rings is 1. The van der Waals surface area contributed by atoms with Gasteiger partial charge in [0.15, 0.2) is 0 Å². The smallest absolute Gasteiger partial charge is 0.269 e. The normalized spacial score (nSPS) is 12.9. The van der Waals surface area contributed by atoms with Gasteiger partial charge in [0.2, 0.25) is 0 Å². The monoisotopic (exact) mass is 883 g/mol. The van der Waals surface area contributed by atoms with E-state index in [0.717, 1.165) is 56.4 Å². The first-order valence-corrected chi connectivity index (χ1v) is 23.8. The Morgan fingerprint density at radius 2 is 1.09 bits per heavy atom. The van der Waals surface area contributed by atoms with Gasteiger partial charge in [-0.05, 0) is 116 Å². The Morgan fingerprint density at radius 1 is 0.463 bits per heavy atom. The van der Waals surface area contributed by atoms with Gasteiger partial charge in [0, 0.05) is 40.1 Å². The highest BCUT2D eigenvalue weighted by Gasteiger charge is 2.31. The fraction of sp³-hybridized carbons (Fsp3) is 0.290. The number of nitrogens with zero attached hydrogens (tertiary/aromatic N) is 4. The zero-order valence-corrected chi connectivity index (χ0v) is 41.8. The Hall–Kier alpha value is -6.72. The molecule has 0 radical (unpaired) electrons. The lowest BCUT2D eigenvalue weighted by molar-refractivity contribution is -0.599. The summed E-state index contributed by atoms with van der Waals surface area (Å²) in [7, 11) is 0. The Bertz CT molecular complexity index is 3250. The fourth-order valence-corrected chi connectivity index (χ4v) is 9.33. The molecule has 0 amide bonds. The summed E-state index contributed by atoms with van der Waals surface area (Å²) in [6.07, 6.45) is 8.04. The molecule has 0 saturated carbocycles. The molecule has 0 unspecified atom stereocenters. The fourth-order valence-electron chi connectivity index (χ4n) is 9.33. The lowest BCUT2D eigenvalue weighted by Gasteiger charge is -2.28. The standard InChI is InChI=1S/C62H66N4O/c1-58(2,3)44-27-30-54-53(36-44)52-29-28-50(39-55(52)66(54)57-37-45(31-32-63-57)59(4,5)6)67-51-35-47(60(7,8)9)34-49(38-51)65-41-64(40-56(65)62(12,13)43-23-18-15-19-24-43)48-26-20-25-46(33-48)61(10,11)42-21-16-14-17-22-42/h14-40H,1-13H3. The van der Waals surface area contributed by atoms with Gasteiger partial charge in [0.05, 0.1) is 28.1 Å². The van der Waals surface area contributed by atoms with E-state index in [9.17, 15) is 0 Å². The summed E-state index contributed by atoms with van der Waals surface area (Å²) in [5.41, 5.74) is 12.0. The second-order valence-electron chi connectivity index (χ2n) is 22.6. The Labute approximate surface area is 398 Å². The van der Waals surface area contributed by atoms with E-state index in [0.29, 0.717) is 0 Å². The largest absolute Gasteiger partial charge is 0.458 e. The SMILES string of the molecule is CC(C)(C)c1cc(Oc2ccc3c4cc(C(C)(C)C)ccc4n(-c4cc(C(C)(C)C)ccn4)c3c2)cc(-n2[c-][n+](-c3cccc(C(C)(C)c4ccccc4)c3)cc2C(C)(C)c2ccccc2)c1. The molecule has 340 valence electrons. The molecule has 0 N–H and O–H groups in total. The van der Waals surface area contributed by atoms with E-state index in [-0.39, 0.29) is 27.1 Å². The highest BCUT2D eigenvalue weighted by atomic mass is 16.5. The van der Waals surface area contributed by atoms with Crippen molar-refractivity contribution in [3.8, 4) is 28.7 Å². The topological polar surface area (TPSA) is 35.9 Å². The molecule has 9 aromatic rings. The van der Waals surface area contributed by atoms with Gasteiger partial charge in [0.1, 0.15) is 17.3 Å². The van der Waals surface area contributed by atoms with Gasteiger partial charge in [-0.25, -0.2) is 4.98 Å². The van der Waals surface area contributed by atoms with Gasteiger partial charge < -0.3 is 4.74 Å². The predicted octanol–water partition coefficient (Wildman–Crippen LogP) is 15.4. The number of fused-ring (bicyclic) bond motifs is 3. The molecule has 6 aromatic carbocycles. The number of ether oxygens (including phenoxy) is 1. The van der Waals surface area contributed by atoms with Crippen molar-refractivity contribution >= 4 is 21.8 Å². The number of hydrogen-bond donors (Lipinski definition) is 0. The summed E-state index contributed by atoms with van der Waals surface area (Å²) < 4.78 is 13.8. The summed E-state index contributed by atoms with van der Waals surface area (Å²) in [5, 5.41) is 2.36. The molecule has 9 rings (SSSR count). The molecule has 5 nitrogen and oxygen atoms in total. The maximum Gasteiger partial charge on any atom is 0.269 e. The number of pyridine rings is 1. The minimum absolute atomic E-state index is 0.00174. The van der Waals surface area contributed by atoms with Gasteiger partial charge in [0.25, 0.3) is 6.33 Å². The van der Waals surface area contributed by atoms with E-state index in [4.69, 9.17) is 9.72 Å². The number of aromatic nitrogens is 4. The molecule has 0 bridgehead atoms. The average Bonchev–Trinajstić information content (AvgIpc) is 3.89. The highest BCUT2D eigenvalue weighted by molar-refractivity contribution is 6.09. The zero-order chi connectivity index (χ0) is 47.7. The Balaban J connectivity index is 1.20. The van der Waals surface area contributed by atoms with E-state index in [1.807, 2.05) is 6.20 Å². The van der Waals surface area contributed by atoms with Crippen LogP contribution in [0.2, 0.25) is 0 Å². The summed E-state index contributed by atoms with van der Waals surface area (Å²) in [6, 6.07) is 54.8. The van der Waals surface area contributed by atoms with Crippen molar-refractivity contribution in [1.82, 2.24) is 14.1 Å². The molecule has 0 atom stereocenters. The quantitative estimate of drug-likeness (QED) is 0.107. The highest BCUT2D eigenvalue weighted by Crippen LogP contribution is 2.40. The van der Waals surface area contributed by atoms with Crippen LogP contribution in [0.1, 0.15) is 129 Å². The van der Waals surface area contributed by atoms with Crippen LogP contribution in [0, 0.1) is 6.33 Å². The first-order chi connectivity index (χ1) is 31.6. The molecule has 67 heavy (non-hydrogen) atoms. The summed E-state index contributed by atoms with van der Waals surface area (Å²) in [4.78, 5) is 4.98. The van der Waals surface area contributed by atoms with Crippen LogP contribution in [0.4, 0.5) is 0 Å². The number of rotatable bonds is 9. The molecule has 0 saturated heterocycles. The van der Waals surface area contributed by atoms with E-state index >= 15 is 0 Å². The first kappa shape index (κ1) is 45.4.